The van der Waals surface area contributed by atoms with Crippen LogP contribution in [-0.2, 0) is 6.54 Å². The fraction of sp³-hybridized carbons (Fsp3) is 0.400. The molecule has 10 nitrogen and oxygen atoms in total. The minimum absolute atomic E-state index is 0.00877. The predicted octanol–water partition coefficient (Wildman–Crippen LogP) is 1.65. The molecule has 2 heterocycles. The van der Waals surface area contributed by atoms with Gasteiger partial charge in [-0.15, -0.1) is 0 Å². The number of hydrogen-bond donors (Lipinski definition) is 3. The quantitative estimate of drug-likeness (QED) is 0.342. The van der Waals surface area contributed by atoms with E-state index in [2.05, 4.69) is 37.8 Å². The van der Waals surface area contributed by atoms with Crippen molar-refractivity contribution in [2.24, 2.45) is 0 Å². The van der Waals surface area contributed by atoms with Gasteiger partial charge in [-0.1, -0.05) is 18.2 Å². The molecule has 1 aliphatic heterocycles. The van der Waals surface area contributed by atoms with Crippen LogP contribution in [0, 0.1) is 10.1 Å². The van der Waals surface area contributed by atoms with Crippen molar-refractivity contribution in [3.8, 4) is 0 Å². The number of anilines is 2. The number of rotatable bonds is 8. The first-order valence-corrected chi connectivity index (χ1v) is 9.90. The summed E-state index contributed by atoms with van der Waals surface area (Å²) in [7, 11) is 2.12. The Balaban J connectivity index is 1.36. The lowest BCUT2D eigenvalue weighted by atomic mass is 10.2. The van der Waals surface area contributed by atoms with E-state index in [-0.39, 0.29) is 11.7 Å². The van der Waals surface area contributed by atoms with E-state index < -0.39 is 4.92 Å². The molecule has 1 saturated heterocycles. The summed E-state index contributed by atoms with van der Waals surface area (Å²) in [6.45, 7) is 5.06. The maximum Gasteiger partial charge on any atom is 0.315 e. The van der Waals surface area contributed by atoms with E-state index in [1.165, 1.54) is 6.07 Å². The van der Waals surface area contributed by atoms with Gasteiger partial charge in [0.25, 0.3) is 5.69 Å². The Morgan fingerprint density at radius 2 is 1.87 bits per heavy atom. The van der Waals surface area contributed by atoms with Gasteiger partial charge in [-0.3, -0.25) is 10.1 Å². The van der Waals surface area contributed by atoms with Crippen molar-refractivity contribution in [1.29, 1.82) is 0 Å². The van der Waals surface area contributed by atoms with Gasteiger partial charge in [0.15, 0.2) is 0 Å². The monoisotopic (exact) mass is 413 g/mol. The highest BCUT2D eigenvalue weighted by molar-refractivity contribution is 5.73. The highest BCUT2D eigenvalue weighted by Crippen LogP contribution is 2.22. The Labute approximate surface area is 175 Å². The number of carbonyl (C=O) groups excluding carboxylic acids is 1. The summed E-state index contributed by atoms with van der Waals surface area (Å²) >= 11 is 0. The van der Waals surface area contributed by atoms with Crippen LogP contribution in [0.2, 0.25) is 0 Å². The van der Waals surface area contributed by atoms with Gasteiger partial charge in [0.1, 0.15) is 11.5 Å². The summed E-state index contributed by atoms with van der Waals surface area (Å²) in [5.74, 6) is 0.956. The van der Waals surface area contributed by atoms with Crippen molar-refractivity contribution in [1.82, 2.24) is 20.5 Å². The lowest BCUT2D eigenvalue weighted by molar-refractivity contribution is -0.384. The largest absolute Gasteiger partial charge is 0.378 e. The van der Waals surface area contributed by atoms with Crippen molar-refractivity contribution >= 4 is 23.2 Å². The number of nitro benzene ring substituents is 1. The number of carbonyl (C=O) groups is 1. The van der Waals surface area contributed by atoms with Crippen molar-refractivity contribution in [3.05, 3.63) is 58.3 Å². The van der Waals surface area contributed by atoms with Gasteiger partial charge in [-0.05, 0) is 24.7 Å². The molecule has 3 rings (SSSR count). The average Bonchev–Trinajstić information content (AvgIpc) is 2.76. The number of aromatic nitrogens is 1. The molecular formula is C20H27N7O3. The number of hydrogen-bond acceptors (Lipinski definition) is 7. The summed E-state index contributed by atoms with van der Waals surface area (Å²) in [5.41, 5.74) is 1.35. The van der Waals surface area contributed by atoms with Crippen LogP contribution >= 0.6 is 0 Å². The second-order valence-electron chi connectivity index (χ2n) is 7.13. The van der Waals surface area contributed by atoms with Crippen molar-refractivity contribution in [3.63, 3.8) is 0 Å². The highest BCUT2D eigenvalue weighted by Gasteiger charge is 2.15. The molecule has 30 heavy (non-hydrogen) atoms. The van der Waals surface area contributed by atoms with E-state index in [0.29, 0.717) is 25.3 Å². The Hall–Kier alpha value is -3.40. The normalized spacial score (nSPS) is 14.2. The van der Waals surface area contributed by atoms with Crippen molar-refractivity contribution in [2.45, 2.75) is 6.54 Å². The molecule has 0 radical (unpaired) electrons. The van der Waals surface area contributed by atoms with Gasteiger partial charge >= 0.3 is 6.03 Å². The van der Waals surface area contributed by atoms with Crippen LogP contribution in [0.3, 0.4) is 0 Å². The first-order valence-electron chi connectivity index (χ1n) is 9.90. The molecule has 0 bridgehead atoms. The molecule has 10 heteroatoms. The maximum absolute atomic E-state index is 12.0. The molecule has 1 aromatic carbocycles. The summed E-state index contributed by atoms with van der Waals surface area (Å²) in [4.78, 5) is 31.6. The molecule has 2 amide bonds. The van der Waals surface area contributed by atoms with E-state index in [1.54, 1.807) is 24.4 Å². The number of benzene rings is 1. The summed E-state index contributed by atoms with van der Waals surface area (Å²) < 4.78 is 0. The zero-order valence-electron chi connectivity index (χ0n) is 17.0. The van der Waals surface area contributed by atoms with Crippen LogP contribution in [0.15, 0.2) is 42.6 Å². The highest BCUT2D eigenvalue weighted by atomic mass is 16.6. The van der Waals surface area contributed by atoms with E-state index in [0.717, 1.165) is 37.6 Å². The van der Waals surface area contributed by atoms with Gasteiger partial charge in [-0.25, -0.2) is 9.78 Å². The molecule has 1 fully saturated rings. The molecule has 0 aliphatic carbocycles. The fourth-order valence-electron chi connectivity index (χ4n) is 3.14. The van der Waals surface area contributed by atoms with Gasteiger partial charge in [0, 0.05) is 58.1 Å². The number of piperazine rings is 1. The minimum Gasteiger partial charge on any atom is -0.378 e. The Bertz CT molecular complexity index is 852. The lowest BCUT2D eigenvalue weighted by Crippen LogP contribution is -2.44. The molecule has 0 unspecified atom stereocenters. The Morgan fingerprint density at radius 1 is 1.10 bits per heavy atom. The Kier molecular flexibility index (Phi) is 7.39. The second-order valence-corrected chi connectivity index (χ2v) is 7.13. The fourth-order valence-corrected chi connectivity index (χ4v) is 3.14. The third-order valence-corrected chi connectivity index (χ3v) is 4.92. The van der Waals surface area contributed by atoms with Crippen LogP contribution in [-0.4, -0.2) is 67.2 Å². The first-order chi connectivity index (χ1) is 14.5. The van der Waals surface area contributed by atoms with Gasteiger partial charge in [0.05, 0.1) is 4.92 Å². The smallest absolute Gasteiger partial charge is 0.315 e. The third kappa shape index (κ3) is 6.05. The van der Waals surface area contributed by atoms with Gasteiger partial charge < -0.3 is 25.8 Å². The summed E-state index contributed by atoms with van der Waals surface area (Å²) in [5, 5.41) is 19.5. The second kappa shape index (κ2) is 10.4. The van der Waals surface area contributed by atoms with Crippen LogP contribution in [0.5, 0.6) is 0 Å². The van der Waals surface area contributed by atoms with Gasteiger partial charge in [-0.2, -0.15) is 0 Å². The molecular weight excluding hydrogens is 386 g/mol. The van der Waals surface area contributed by atoms with Crippen LogP contribution in [0.4, 0.5) is 22.0 Å². The van der Waals surface area contributed by atoms with E-state index in [9.17, 15) is 14.9 Å². The molecule has 1 aromatic heterocycles. The number of amides is 2. The molecule has 0 saturated carbocycles. The van der Waals surface area contributed by atoms with E-state index >= 15 is 0 Å². The SMILES string of the molecule is CN1CCN(c2ccc(CNC(=O)NCCNc3ccccc3[N+](=O)[O-])cn2)CC1. The maximum atomic E-state index is 12.0. The van der Waals surface area contributed by atoms with Crippen LogP contribution in [0.1, 0.15) is 5.56 Å². The number of nitro groups is 1. The topological polar surface area (TPSA) is 116 Å². The van der Waals surface area contributed by atoms with E-state index in [4.69, 9.17) is 0 Å². The third-order valence-electron chi connectivity index (χ3n) is 4.92. The standard InChI is InChI=1S/C20H27N7O3/c1-25-10-12-26(13-11-25)19-7-6-16(14-23-19)15-24-20(28)22-9-8-21-17-4-2-3-5-18(17)27(29)30/h2-7,14,21H,8-13,15H2,1H3,(H2,22,24,28). The number of nitrogens with one attached hydrogen (secondary N) is 3. The summed E-state index contributed by atoms with van der Waals surface area (Å²) in [6, 6.07) is 10.1. The lowest BCUT2D eigenvalue weighted by Gasteiger charge is -2.33. The zero-order valence-corrected chi connectivity index (χ0v) is 17.0. The number of pyridine rings is 1. The molecule has 160 valence electrons. The minimum atomic E-state index is -0.439. The van der Waals surface area contributed by atoms with Crippen molar-refractivity contribution in [2.75, 3.05) is 56.5 Å². The number of urea groups is 1. The summed E-state index contributed by atoms with van der Waals surface area (Å²) in [6.07, 6.45) is 1.78. The van der Waals surface area contributed by atoms with Crippen molar-refractivity contribution < 1.29 is 9.72 Å². The molecule has 3 N–H and O–H groups in total. The van der Waals surface area contributed by atoms with Crippen LogP contribution in [0.25, 0.3) is 0 Å². The van der Waals surface area contributed by atoms with Crippen LogP contribution < -0.4 is 20.9 Å². The predicted molar refractivity (Wildman–Crippen MR) is 116 cm³/mol. The molecule has 0 spiro atoms. The molecule has 2 aromatic rings. The Morgan fingerprint density at radius 3 is 2.57 bits per heavy atom. The first kappa shape index (κ1) is 21.3. The van der Waals surface area contributed by atoms with Gasteiger partial charge in [0.2, 0.25) is 0 Å². The molecule has 0 atom stereocenters. The molecule has 1 aliphatic rings. The number of para-hydroxylation sites is 2. The average molecular weight is 413 g/mol. The number of nitrogens with zero attached hydrogens (tertiary/aromatic N) is 4. The zero-order chi connectivity index (χ0) is 21.3. The van der Waals surface area contributed by atoms with E-state index in [1.807, 2.05) is 12.1 Å². The number of likely N-dealkylation sites (N-methyl/N-ethyl adjacent to an activating group) is 1.